The number of hydrogen-bond acceptors (Lipinski definition) is 8. The summed E-state index contributed by atoms with van der Waals surface area (Å²) in [7, 11) is 0. The van der Waals surface area contributed by atoms with Crippen LogP contribution in [0.3, 0.4) is 0 Å². The molecule has 2 unspecified atom stereocenters. The normalized spacial score (nSPS) is 32.5. The summed E-state index contributed by atoms with van der Waals surface area (Å²) in [5, 5.41) is 54.4. The third kappa shape index (κ3) is 2.35. The number of Topliss-reactive ketones (excluding diaryl/α,β-unsaturated/α-hetero) is 2. The molecule has 1 aromatic rings. The van der Waals surface area contributed by atoms with Crippen LogP contribution in [-0.2, 0) is 14.4 Å². The van der Waals surface area contributed by atoms with Gasteiger partial charge in [0.25, 0.3) is 5.91 Å². The van der Waals surface area contributed by atoms with Gasteiger partial charge in [-0.2, -0.15) is 0 Å². The molecule has 1 aromatic carbocycles. The van der Waals surface area contributed by atoms with Crippen molar-refractivity contribution in [1.82, 2.24) is 0 Å². The molecule has 0 aromatic heterocycles. The fourth-order valence-corrected chi connectivity index (χ4v) is 5.24. The second kappa shape index (κ2) is 6.53. The number of carbonyl (C=O) groups excluding carboxylic acids is 3. The number of aliphatic hydroxyl groups is 4. The number of ketones is 2. The number of carbonyl (C=O) groups is 3. The van der Waals surface area contributed by atoms with Crippen LogP contribution in [0, 0.1) is 17.8 Å². The third-order valence-corrected chi connectivity index (χ3v) is 6.65. The van der Waals surface area contributed by atoms with Gasteiger partial charge in [0.2, 0.25) is 5.78 Å². The molecule has 0 saturated heterocycles. The van der Waals surface area contributed by atoms with E-state index >= 15 is 0 Å². The Bertz CT molecular complexity index is 1150. The summed E-state index contributed by atoms with van der Waals surface area (Å²) in [5.41, 5.74) is 1.31. The zero-order valence-electron chi connectivity index (χ0n) is 16.5. The highest BCUT2D eigenvalue weighted by Crippen LogP contribution is 2.56. The summed E-state index contributed by atoms with van der Waals surface area (Å²) >= 11 is 0. The smallest absolute Gasteiger partial charge is 0.255 e. The van der Waals surface area contributed by atoms with E-state index in [-0.39, 0.29) is 28.9 Å². The van der Waals surface area contributed by atoms with Gasteiger partial charge >= 0.3 is 0 Å². The van der Waals surface area contributed by atoms with Crippen LogP contribution < -0.4 is 5.73 Å². The number of phenolic OH excluding ortho intramolecular Hbond substituents is 1. The Labute approximate surface area is 176 Å². The lowest BCUT2D eigenvalue weighted by atomic mass is 9.53. The Hall–Kier alpha value is -3.43. The van der Waals surface area contributed by atoms with Crippen LogP contribution >= 0.6 is 0 Å². The highest BCUT2D eigenvalue weighted by molar-refractivity contribution is 6.24. The topological polar surface area (TPSA) is 178 Å². The molecule has 3 aliphatic rings. The standard InChI is InChI=1S/C22H21NO8/c1-3-8-15-18(27)11-7(2)9-5-4-6-10(24)12(9)17(26)13(11)19(28)22(15,31)20(29)14(16(8)25)21(23)30/h4-6,8,11,15,18,24,26-27,29,31H,2-3H2,1H3,(H2,23,30)/t8-,11?,15?,18-,22-/m0/s1. The molecule has 0 spiro atoms. The molecule has 0 bridgehead atoms. The molecular formula is C22H21NO8. The maximum absolute atomic E-state index is 13.5. The Morgan fingerprint density at radius 3 is 2.45 bits per heavy atom. The van der Waals surface area contributed by atoms with Crippen LogP contribution in [0.25, 0.3) is 11.3 Å². The molecule has 1 fully saturated rings. The van der Waals surface area contributed by atoms with E-state index in [4.69, 9.17) is 5.73 Å². The number of aromatic hydroxyl groups is 1. The van der Waals surface area contributed by atoms with E-state index in [2.05, 4.69) is 6.58 Å². The first-order valence-electron chi connectivity index (χ1n) is 9.67. The Morgan fingerprint density at radius 2 is 1.87 bits per heavy atom. The maximum Gasteiger partial charge on any atom is 0.255 e. The van der Waals surface area contributed by atoms with E-state index in [0.29, 0.717) is 0 Å². The first-order chi connectivity index (χ1) is 14.5. The molecule has 162 valence electrons. The van der Waals surface area contributed by atoms with Gasteiger partial charge in [-0.1, -0.05) is 25.6 Å². The van der Waals surface area contributed by atoms with Gasteiger partial charge in [0, 0.05) is 17.8 Å². The van der Waals surface area contributed by atoms with Crippen molar-refractivity contribution >= 4 is 28.8 Å². The van der Waals surface area contributed by atoms with Gasteiger partial charge in [-0.05, 0) is 23.6 Å². The zero-order chi connectivity index (χ0) is 23.0. The fourth-order valence-electron chi connectivity index (χ4n) is 5.24. The van der Waals surface area contributed by atoms with Gasteiger partial charge in [0.1, 0.15) is 22.8 Å². The van der Waals surface area contributed by atoms with Gasteiger partial charge in [-0.15, -0.1) is 0 Å². The first kappa shape index (κ1) is 20.8. The molecule has 0 radical (unpaired) electrons. The van der Waals surface area contributed by atoms with Crippen LogP contribution in [0.1, 0.15) is 24.5 Å². The fraction of sp³-hybridized carbons (Fsp3) is 0.318. The highest BCUT2D eigenvalue weighted by atomic mass is 16.4. The number of aliphatic hydroxyl groups excluding tert-OH is 3. The zero-order valence-corrected chi connectivity index (χ0v) is 16.5. The van der Waals surface area contributed by atoms with E-state index in [1.165, 1.54) is 18.2 Å². The lowest BCUT2D eigenvalue weighted by Gasteiger charge is -2.51. The Balaban J connectivity index is 2.07. The van der Waals surface area contributed by atoms with Crippen molar-refractivity contribution in [2.24, 2.45) is 23.5 Å². The van der Waals surface area contributed by atoms with Gasteiger partial charge in [-0.25, -0.2) is 0 Å². The van der Waals surface area contributed by atoms with Gasteiger partial charge in [0.05, 0.1) is 17.2 Å². The summed E-state index contributed by atoms with van der Waals surface area (Å²) < 4.78 is 0. The average molecular weight is 427 g/mol. The molecule has 9 nitrogen and oxygen atoms in total. The van der Waals surface area contributed by atoms with Crippen molar-refractivity contribution in [3.8, 4) is 5.75 Å². The van der Waals surface area contributed by atoms with Crippen LogP contribution in [0.15, 0.2) is 41.7 Å². The summed E-state index contributed by atoms with van der Waals surface area (Å²) in [6.45, 7) is 5.47. The summed E-state index contributed by atoms with van der Waals surface area (Å²) in [6, 6.07) is 4.31. The number of primary amides is 1. The molecule has 1 amide bonds. The van der Waals surface area contributed by atoms with Crippen LogP contribution in [0.4, 0.5) is 0 Å². The van der Waals surface area contributed by atoms with Crippen molar-refractivity contribution in [3.05, 3.63) is 52.8 Å². The van der Waals surface area contributed by atoms with E-state index in [0.717, 1.165) is 0 Å². The van der Waals surface area contributed by atoms with Gasteiger partial charge < -0.3 is 31.3 Å². The minimum atomic E-state index is -2.87. The molecule has 1 saturated carbocycles. The number of amides is 1. The summed E-state index contributed by atoms with van der Waals surface area (Å²) in [5.74, 6) is -9.66. The molecule has 0 heterocycles. The Morgan fingerprint density at radius 1 is 1.23 bits per heavy atom. The monoisotopic (exact) mass is 427 g/mol. The van der Waals surface area contributed by atoms with Crippen molar-refractivity contribution in [2.45, 2.75) is 25.0 Å². The Kier molecular flexibility index (Phi) is 4.39. The van der Waals surface area contributed by atoms with E-state index in [9.17, 15) is 39.9 Å². The number of nitrogens with two attached hydrogens (primary N) is 1. The van der Waals surface area contributed by atoms with Crippen molar-refractivity contribution in [1.29, 1.82) is 0 Å². The van der Waals surface area contributed by atoms with Gasteiger partial charge in [-0.3, -0.25) is 14.4 Å². The third-order valence-electron chi connectivity index (χ3n) is 6.65. The average Bonchev–Trinajstić information content (AvgIpc) is 2.70. The molecule has 4 rings (SSSR count). The number of hydrogen-bond donors (Lipinski definition) is 6. The predicted molar refractivity (Wildman–Crippen MR) is 107 cm³/mol. The number of benzene rings is 1. The van der Waals surface area contributed by atoms with Gasteiger partial charge in [0.15, 0.2) is 11.4 Å². The van der Waals surface area contributed by atoms with Crippen LogP contribution in [0.2, 0.25) is 0 Å². The van der Waals surface area contributed by atoms with E-state index in [1.54, 1.807) is 6.92 Å². The lowest BCUT2D eigenvalue weighted by Crippen LogP contribution is -2.66. The number of phenols is 1. The summed E-state index contributed by atoms with van der Waals surface area (Å²) in [6.07, 6.45) is -1.60. The SMILES string of the molecule is C=C1c2cccc(O)c2C(O)=C2C(=O)[C@]3(O)C(O)=C(C(N)=O)C(=O)[C@@H](CC)C3[C@@H](O)C12. The predicted octanol–water partition coefficient (Wildman–Crippen LogP) is 0.502. The molecule has 0 aliphatic heterocycles. The minimum absolute atomic E-state index is 0.0296. The molecule has 9 heteroatoms. The lowest BCUT2D eigenvalue weighted by molar-refractivity contribution is -0.165. The quantitative estimate of drug-likeness (QED) is 0.369. The van der Waals surface area contributed by atoms with Crippen LogP contribution in [0.5, 0.6) is 5.75 Å². The van der Waals surface area contributed by atoms with Crippen molar-refractivity contribution in [2.75, 3.05) is 0 Å². The first-order valence-corrected chi connectivity index (χ1v) is 9.67. The minimum Gasteiger partial charge on any atom is -0.508 e. The number of fused-ring (bicyclic) bond motifs is 3. The molecule has 31 heavy (non-hydrogen) atoms. The highest BCUT2D eigenvalue weighted by Gasteiger charge is 2.67. The molecule has 3 aliphatic carbocycles. The van der Waals surface area contributed by atoms with E-state index < -0.39 is 69.6 Å². The largest absolute Gasteiger partial charge is 0.508 e. The van der Waals surface area contributed by atoms with Crippen molar-refractivity contribution in [3.63, 3.8) is 0 Å². The second-order valence-corrected chi connectivity index (χ2v) is 8.04. The molecule has 5 atom stereocenters. The van der Waals surface area contributed by atoms with Crippen LogP contribution in [-0.4, -0.2) is 54.7 Å². The summed E-state index contributed by atoms with van der Waals surface area (Å²) in [4.78, 5) is 38.2. The van der Waals surface area contributed by atoms with E-state index in [1.807, 2.05) is 0 Å². The maximum atomic E-state index is 13.5. The molecule has 7 N–H and O–H groups in total. The van der Waals surface area contributed by atoms with Crippen molar-refractivity contribution < 1.29 is 39.9 Å². The number of rotatable bonds is 2. The second-order valence-electron chi connectivity index (χ2n) is 8.04. The molecular weight excluding hydrogens is 406 g/mol.